The summed E-state index contributed by atoms with van der Waals surface area (Å²) in [6.45, 7) is 6.83. The first-order valence-electron chi connectivity index (χ1n) is 10.7. The Balaban J connectivity index is 2.17. The van der Waals surface area contributed by atoms with Gasteiger partial charge in [0.25, 0.3) is 0 Å². The number of aryl methyl sites for hydroxylation is 1. The monoisotopic (exact) mass is 375 g/mol. The minimum atomic E-state index is -0.755. The molecule has 152 valence electrons. The predicted molar refractivity (Wildman–Crippen MR) is 112 cm³/mol. The molecule has 0 saturated carbocycles. The number of benzene rings is 1. The van der Waals surface area contributed by atoms with Crippen molar-refractivity contribution in [3.05, 3.63) is 29.8 Å². The molecule has 1 rings (SSSR count). The van der Waals surface area contributed by atoms with Crippen LogP contribution in [0.3, 0.4) is 0 Å². The van der Waals surface area contributed by atoms with Gasteiger partial charge in [-0.25, -0.2) is 4.79 Å². The quantitative estimate of drug-likeness (QED) is 0.248. The van der Waals surface area contributed by atoms with Crippen LogP contribution in [0, 0.1) is 6.92 Å². The maximum absolute atomic E-state index is 12.4. The molecule has 4 heteroatoms. The molecular weight excluding hydrogens is 338 g/mol. The van der Waals surface area contributed by atoms with Crippen molar-refractivity contribution in [2.75, 3.05) is 18.1 Å². The van der Waals surface area contributed by atoms with Crippen molar-refractivity contribution in [2.45, 2.75) is 85.0 Å². The van der Waals surface area contributed by atoms with Gasteiger partial charge in [0.2, 0.25) is 0 Å². The zero-order valence-electron chi connectivity index (χ0n) is 17.5. The average molecular weight is 376 g/mol. The van der Waals surface area contributed by atoms with E-state index in [4.69, 9.17) is 4.74 Å². The smallest absolute Gasteiger partial charge is 0.397 e. The van der Waals surface area contributed by atoms with E-state index in [-0.39, 0.29) is 0 Å². The summed E-state index contributed by atoms with van der Waals surface area (Å²) in [5, 5.41) is 0. The number of hydrogen-bond donors (Lipinski definition) is 0. The Labute approximate surface area is 165 Å². The van der Waals surface area contributed by atoms with Crippen LogP contribution in [0.1, 0.15) is 83.6 Å². The summed E-state index contributed by atoms with van der Waals surface area (Å²) in [5.74, 6) is -1.34. The average Bonchev–Trinajstić information content (AvgIpc) is 2.66. The first-order valence-corrected chi connectivity index (χ1v) is 10.7. The lowest BCUT2D eigenvalue weighted by molar-refractivity contribution is -0.153. The van der Waals surface area contributed by atoms with Crippen LogP contribution < -0.4 is 4.90 Å². The Hall–Kier alpha value is -1.84. The third kappa shape index (κ3) is 9.60. The van der Waals surface area contributed by atoms with Gasteiger partial charge in [-0.2, -0.15) is 0 Å². The van der Waals surface area contributed by atoms with Crippen molar-refractivity contribution >= 4 is 17.6 Å². The number of nitrogens with zero attached hydrogens (tertiary/aromatic N) is 1. The number of esters is 1. The fourth-order valence-electron chi connectivity index (χ4n) is 3.17. The van der Waals surface area contributed by atoms with Crippen LogP contribution in [0.15, 0.2) is 24.3 Å². The van der Waals surface area contributed by atoms with Crippen molar-refractivity contribution in [1.82, 2.24) is 0 Å². The molecule has 1 amide bonds. The molecule has 0 atom stereocenters. The van der Waals surface area contributed by atoms with Gasteiger partial charge < -0.3 is 9.64 Å². The molecule has 0 saturated heterocycles. The second-order valence-corrected chi connectivity index (χ2v) is 7.21. The molecule has 0 aliphatic rings. The first kappa shape index (κ1) is 23.2. The van der Waals surface area contributed by atoms with Crippen molar-refractivity contribution in [3.63, 3.8) is 0 Å². The minimum absolute atomic E-state index is 0.326. The Morgan fingerprint density at radius 2 is 1.48 bits per heavy atom. The highest BCUT2D eigenvalue weighted by molar-refractivity contribution is 6.38. The lowest BCUT2D eigenvalue weighted by Gasteiger charge is -2.20. The van der Waals surface area contributed by atoms with Crippen molar-refractivity contribution in [1.29, 1.82) is 0 Å². The number of rotatable bonds is 13. The van der Waals surface area contributed by atoms with E-state index in [0.29, 0.717) is 13.2 Å². The van der Waals surface area contributed by atoms with Gasteiger partial charge in [0, 0.05) is 12.2 Å². The summed E-state index contributed by atoms with van der Waals surface area (Å²) in [4.78, 5) is 25.9. The molecule has 0 bridgehead atoms. The van der Waals surface area contributed by atoms with Crippen molar-refractivity contribution < 1.29 is 14.3 Å². The number of anilines is 1. The Morgan fingerprint density at radius 1 is 0.889 bits per heavy atom. The summed E-state index contributed by atoms with van der Waals surface area (Å²) in [7, 11) is 0. The van der Waals surface area contributed by atoms with Gasteiger partial charge in [0.1, 0.15) is 0 Å². The van der Waals surface area contributed by atoms with Crippen molar-refractivity contribution in [2.24, 2.45) is 0 Å². The summed E-state index contributed by atoms with van der Waals surface area (Å²) in [6, 6.07) is 7.59. The third-order valence-corrected chi connectivity index (χ3v) is 4.78. The van der Waals surface area contributed by atoms with Crippen LogP contribution in [0.4, 0.5) is 5.69 Å². The number of unbranched alkanes of at least 4 members (excludes halogenated alkanes) is 9. The van der Waals surface area contributed by atoms with Crippen LogP contribution in [0.25, 0.3) is 0 Å². The van der Waals surface area contributed by atoms with E-state index in [2.05, 4.69) is 6.92 Å². The Morgan fingerprint density at radius 3 is 2.04 bits per heavy atom. The first-order chi connectivity index (χ1) is 13.1. The van der Waals surface area contributed by atoms with Gasteiger partial charge in [-0.3, -0.25) is 4.79 Å². The summed E-state index contributed by atoms with van der Waals surface area (Å²) in [5.41, 5.74) is 1.79. The van der Waals surface area contributed by atoms with E-state index in [9.17, 15) is 9.59 Å². The molecule has 0 aliphatic carbocycles. The predicted octanol–water partition coefficient (Wildman–Crippen LogP) is 5.81. The second-order valence-electron chi connectivity index (χ2n) is 7.21. The maximum Gasteiger partial charge on any atom is 0.397 e. The zero-order chi connectivity index (χ0) is 19.9. The highest BCUT2D eigenvalue weighted by Crippen LogP contribution is 2.16. The number of hydrogen-bond acceptors (Lipinski definition) is 3. The number of likely N-dealkylation sites (N-methyl/N-ethyl adjacent to an activating group) is 1. The van der Waals surface area contributed by atoms with Crippen LogP contribution in [-0.2, 0) is 14.3 Å². The Bertz CT molecular complexity index is 556. The van der Waals surface area contributed by atoms with Crippen LogP contribution in [-0.4, -0.2) is 25.0 Å². The molecule has 0 radical (unpaired) electrons. The van der Waals surface area contributed by atoms with Gasteiger partial charge in [-0.15, -0.1) is 0 Å². The van der Waals surface area contributed by atoms with Crippen molar-refractivity contribution in [3.8, 4) is 0 Å². The molecular formula is C23H37NO3. The van der Waals surface area contributed by atoms with E-state index in [1.54, 1.807) is 0 Å². The summed E-state index contributed by atoms with van der Waals surface area (Å²) < 4.78 is 5.18. The molecule has 0 spiro atoms. The number of ether oxygens (including phenoxy) is 1. The third-order valence-electron chi connectivity index (χ3n) is 4.78. The van der Waals surface area contributed by atoms with Gasteiger partial charge >= 0.3 is 11.9 Å². The van der Waals surface area contributed by atoms with Crippen LogP contribution in [0.2, 0.25) is 0 Å². The number of carbonyl (C=O) groups excluding carboxylic acids is 2. The molecule has 0 aliphatic heterocycles. The molecule has 4 nitrogen and oxygen atoms in total. The normalized spacial score (nSPS) is 10.6. The summed E-state index contributed by atoms with van der Waals surface area (Å²) >= 11 is 0. The van der Waals surface area contributed by atoms with Gasteiger partial charge in [-0.05, 0) is 38.0 Å². The second kappa shape index (κ2) is 14.2. The SMILES string of the molecule is CCCCCCCCCCCCOC(=O)C(=O)N(CC)c1cccc(C)c1. The van der Waals surface area contributed by atoms with Gasteiger partial charge in [0.15, 0.2) is 0 Å². The molecule has 1 aromatic carbocycles. The molecule has 27 heavy (non-hydrogen) atoms. The van der Waals surface area contributed by atoms with E-state index in [1.165, 1.54) is 56.3 Å². The number of carbonyl (C=O) groups is 2. The molecule has 0 unspecified atom stereocenters. The lowest BCUT2D eigenvalue weighted by atomic mass is 10.1. The van der Waals surface area contributed by atoms with Gasteiger partial charge in [-0.1, -0.05) is 76.8 Å². The maximum atomic E-state index is 12.4. The zero-order valence-corrected chi connectivity index (χ0v) is 17.5. The molecule has 0 fully saturated rings. The molecule has 0 aromatic heterocycles. The summed E-state index contributed by atoms with van der Waals surface area (Å²) in [6.07, 6.45) is 12.3. The molecule has 0 heterocycles. The fraction of sp³-hybridized carbons (Fsp3) is 0.652. The Kier molecular flexibility index (Phi) is 12.2. The van der Waals surface area contributed by atoms with E-state index in [0.717, 1.165) is 24.1 Å². The fourth-order valence-corrected chi connectivity index (χ4v) is 3.17. The van der Waals surface area contributed by atoms with E-state index < -0.39 is 11.9 Å². The van der Waals surface area contributed by atoms with E-state index in [1.807, 2.05) is 38.1 Å². The molecule has 1 aromatic rings. The topological polar surface area (TPSA) is 46.6 Å². The van der Waals surface area contributed by atoms with Crippen LogP contribution >= 0.6 is 0 Å². The highest BCUT2D eigenvalue weighted by atomic mass is 16.5. The van der Waals surface area contributed by atoms with Gasteiger partial charge in [0.05, 0.1) is 6.61 Å². The van der Waals surface area contributed by atoms with Crippen LogP contribution in [0.5, 0.6) is 0 Å². The largest absolute Gasteiger partial charge is 0.459 e. The number of amides is 1. The lowest BCUT2D eigenvalue weighted by Crippen LogP contribution is -2.37. The minimum Gasteiger partial charge on any atom is -0.459 e. The van der Waals surface area contributed by atoms with E-state index >= 15 is 0 Å². The standard InChI is InChI=1S/C23H37NO3/c1-4-6-7-8-9-10-11-12-13-14-18-27-23(26)22(25)24(5-2)21-17-15-16-20(3)19-21/h15-17,19H,4-14,18H2,1-3H3. The highest BCUT2D eigenvalue weighted by Gasteiger charge is 2.23. The molecule has 0 N–H and O–H groups in total.